The minimum Gasteiger partial charge on any atom is -0.242 e. The summed E-state index contributed by atoms with van der Waals surface area (Å²) in [6, 6.07) is 3.51. The lowest BCUT2D eigenvalue weighted by Crippen LogP contribution is -1.81. The van der Waals surface area contributed by atoms with Crippen LogP contribution in [0.1, 0.15) is 12.0 Å². The van der Waals surface area contributed by atoms with E-state index in [9.17, 15) is 0 Å². The Balaban J connectivity index is 2.97. The third-order valence-corrected chi connectivity index (χ3v) is 1.70. The average molecular weight is 211 g/mol. The Hall–Kier alpha value is -1.22. The van der Waals surface area contributed by atoms with Crippen LogP contribution in [0.25, 0.3) is 0 Å². The van der Waals surface area contributed by atoms with Crippen molar-refractivity contribution in [1.82, 2.24) is 4.98 Å². The van der Waals surface area contributed by atoms with Gasteiger partial charge in [0.25, 0.3) is 0 Å². The molecule has 0 fully saturated rings. The third-order valence-electron chi connectivity index (χ3n) is 1.20. The molecule has 0 radical (unpaired) electrons. The van der Waals surface area contributed by atoms with Gasteiger partial charge in [-0.25, -0.2) is 4.98 Å². The Bertz CT molecular complexity index is 410. The van der Waals surface area contributed by atoms with Crippen LogP contribution in [0.15, 0.2) is 12.3 Å². The number of nitrogens with zero attached hydrogens (tertiary/aromatic N) is 2. The Morgan fingerprint density at radius 2 is 2.23 bits per heavy atom. The highest BCUT2D eigenvalue weighted by molar-refractivity contribution is 6.32. The van der Waals surface area contributed by atoms with Crippen LogP contribution in [0.2, 0.25) is 10.2 Å². The van der Waals surface area contributed by atoms with Gasteiger partial charge in [0, 0.05) is 6.20 Å². The molecule has 0 saturated heterocycles. The molecule has 1 rings (SSSR count). The summed E-state index contributed by atoms with van der Waals surface area (Å²) in [6.45, 7) is 0. The predicted octanol–water partition coefficient (Wildman–Crippen LogP) is 2.65. The fourth-order valence-electron chi connectivity index (χ4n) is 0.689. The highest BCUT2D eigenvalue weighted by atomic mass is 35.5. The van der Waals surface area contributed by atoms with Gasteiger partial charge in [-0.1, -0.05) is 35.0 Å². The van der Waals surface area contributed by atoms with Crippen molar-refractivity contribution in [3.05, 3.63) is 28.0 Å². The summed E-state index contributed by atoms with van der Waals surface area (Å²) < 4.78 is 0. The predicted molar refractivity (Wildman–Crippen MR) is 51.4 cm³/mol. The first-order valence-electron chi connectivity index (χ1n) is 3.41. The standard InChI is InChI=1S/C9H4Cl2N2/c10-8-5-7(3-1-2-4-12)9(11)13-6-8/h5-6H,2H2. The molecule has 0 N–H and O–H groups in total. The van der Waals surface area contributed by atoms with Crippen LogP contribution in [0.5, 0.6) is 0 Å². The minimum atomic E-state index is 0.169. The Labute approximate surface area is 86.1 Å². The van der Waals surface area contributed by atoms with Gasteiger partial charge < -0.3 is 0 Å². The summed E-state index contributed by atoms with van der Waals surface area (Å²) in [6.07, 6.45) is 1.61. The molecule has 13 heavy (non-hydrogen) atoms. The Kier molecular flexibility index (Phi) is 3.58. The van der Waals surface area contributed by atoms with E-state index in [0.29, 0.717) is 15.7 Å². The monoisotopic (exact) mass is 210 g/mol. The van der Waals surface area contributed by atoms with Gasteiger partial charge in [0.15, 0.2) is 0 Å². The summed E-state index contributed by atoms with van der Waals surface area (Å²) in [4.78, 5) is 3.81. The molecule has 0 aliphatic rings. The van der Waals surface area contributed by atoms with E-state index in [2.05, 4.69) is 16.8 Å². The van der Waals surface area contributed by atoms with Crippen LogP contribution in [0.3, 0.4) is 0 Å². The van der Waals surface area contributed by atoms with Crippen molar-refractivity contribution in [2.24, 2.45) is 0 Å². The molecule has 0 bridgehead atoms. The zero-order valence-corrected chi connectivity index (χ0v) is 8.02. The number of hydrogen-bond acceptors (Lipinski definition) is 2. The number of rotatable bonds is 0. The van der Waals surface area contributed by atoms with E-state index in [1.165, 1.54) is 6.20 Å². The van der Waals surface area contributed by atoms with Crippen LogP contribution in [-0.2, 0) is 0 Å². The molecular weight excluding hydrogens is 207 g/mol. The zero-order chi connectivity index (χ0) is 9.68. The van der Waals surface area contributed by atoms with Crippen molar-refractivity contribution in [1.29, 1.82) is 5.26 Å². The molecule has 4 heteroatoms. The summed E-state index contributed by atoms with van der Waals surface area (Å²) in [5.41, 5.74) is 0.546. The maximum atomic E-state index is 8.24. The maximum Gasteiger partial charge on any atom is 0.144 e. The largest absolute Gasteiger partial charge is 0.242 e. The smallest absolute Gasteiger partial charge is 0.144 e. The molecule has 1 aromatic rings. The van der Waals surface area contributed by atoms with Gasteiger partial charge in [0.2, 0.25) is 0 Å². The van der Waals surface area contributed by atoms with Crippen molar-refractivity contribution >= 4 is 23.2 Å². The first-order chi connectivity index (χ1) is 6.24. The summed E-state index contributed by atoms with van der Waals surface area (Å²) >= 11 is 11.4. The second kappa shape index (κ2) is 4.72. The van der Waals surface area contributed by atoms with E-state index < -0.39 is 0 Å². The molecule has 64 valence electrons. The van der Waals surface area contributed by atoms with Crippen LogP contribution in [0, 0.1) is 23.2 Å². The molecule has 0 saturated carbocycles. The van der Waals surface area contributed by atoms with Gasteiger partial charge >= 0.3 is 0 Å². The number of pyridine rings is 1. The molecule has 0 atom stereocenters. The van der Waals surface area contributed by atoms with Crippen molar-refractivity contribution in [3.63, 3.8) is 0 Å². The summed E-state index contributed by atoms with van der Waals surface area (Å²) in [7, 11) is 0. The second-order valence-electron chi connectivity index (χ2n) is 2.13. The minimum absolute atomic E-state index is 0.169. The molecule has 0 aromatic carbocycles. The Morgan fingerprint density at radius 3 is 2.92 bits per heavy atom. The molecule has 1 heterocycles. The van der Waals surface area contributed by atoms with E-state index in [-0.39, 0.29) is 6.42 Å². The molecule has 0 aliphatic heterocycles. The van der Waals surface area contributed by atoms with Gasteiger partial charge in [-0.3, -0.25) is 0 Å². The van der Waals surface area contributed by atoms with Crippen LogP contribution < -0.4 is 0 Å². The van der Waals surface area contributed by atoms with Gasteiger partial charge in [-0.05, 0) is 6.07 Å². The number of halogens is 2. The fraction of sp³-hybridized carbons (Fsp3) is 0.111. The van der Waals surface area contributed by atoms with Gasteiger partial charge in [0.1, 0.15) is 5.15 Å². The second-order valence-corrected chi connectivity index (χ2v) is 2.92. The molecule has 0 spiro atoms. The number of aromatic nitrogens is 1. The number of hydrogen-bond donors (Lipinski definition) is 0. The molecule has 0 aliphatic carbocycles. The third kappa shape index (κ3) is 2.95. The Morgan fingerprint density at radius 1 is 1.46 bits per heavy atom. The van der Waals surface area contributed by atoms with Crippen LogP contribution in [-0.4, -0.2) is 4.98 Å². The SMILES string of the molecule is N#CCC#Cc1cc(Cl)cnc1Cl. The van der Waals surface area contributed by atoms with E-state index in [1.807, 2.05) is 6.07 Å². The first-order valence-corrected chi connectivity index (χ1v) is 4.16. The van der Waals surface area contributed by atoms with E-state index >= 15 is 0 Å². The summed E-state index contributed by atoms with van der Waals surface area (Å²) in [5.74, 6) is 5.33. The normalized spacial score (nSPS) is 8.38. The van der Waals surface area contributed by atoms with Crippen LogP contribution >= 0.6 is 23.2 Å². The van der Waals surface area contributed by atoms with Crippen molar-refractivity contribution in [3.8, 4) is 17.9 Å². The number of nitriles is 1. The maximum absolute atomic E-state index is 8.24. The molecule has 0 unspecified atom stereocenters. The van der Waals surface area contributed by atoms with E-state index in [0.717, 1.165) is 0 Å². The molecule has 0 amide bonds. The first kappa shape index (κ1) is 9.86. The lowest BCUT2D eigenvalue weighted by Gasteiger charge is -1.93. The van der Waals surface area contributed by atoms with E-state index in [4.69, 9.17) is 28.5 Å². The van der Waals surface area contributed by atoms with Crippen molar-refractivity contribution in [2.45, 2.75) is 6.42 Å². The topological polar surface area (TPSA) is 36.7 Å². The fourth-order valence-corrected chi connectivity index (χ4v) is 0.998. The lowest BCUT2D eigenvalue weighted by molar-refractivity contribution is 1.31. The zero-order valence-electron chi connectivity index (χ0n) is 6.51. The highest BCUT2D eigenvalue weighted by Crippen LogP contribution is 2.16. The van der Waals surface area contributed by atoms with Crippen molar-refractivity contribution < 1.29 is 0 Å². The molecule has 2 nitrogen and oxygen atoms in total. The quantitative estimate of drug-likeness (QED) is 0.488. The summed E-state index contributed by atoms with van der Waals surface area (Å²) in [5, 5.41) is 9.02. The molecular formula is C9H4Cl2N2. The van der Waals surface area contributed by atoms with Gasteiger partial charge in [0.05, 0.1) is 23.1 Å². The highest BCUT2D eigenvalue weighted by Gasteiger charge is 1.98. The van der Waals surface area contributed by atoms with Crippen molar-refractivity contribution in [2.75, 3.05) is 0 Å². The van der Waals surface area contributed by atoms with Crippen LogP contribution in [0.4, 0.5) is 0 Å². The van der Waals surface area contributed by atoms with Gasteiger partial charge in [-0.2, -0.15) is 5.26 Å². The molecule has 1 aromatic heterocycles. The lowest BCUT2D eigenvalue weighted by atomic mass is 10.3. The average Bonchev–Trinajstić information content (AvgIpc) is 2.11. The van der Waals surface area contributed by atoms with E-state index in [1.54, 1.807) is 6.07 Å². The van der Waals surface area contributed by atoms with Gasteiger partial charge in [-0.15, -0.1) is 0 Å².